The molecule has 278 valence electrons. The Balaban J connectivity index is 1.19. The molecule has 3 fully saturated rings. The number of hydrogen-bond acceptors (Lipinski definition) is 11. The number of benzene rings is 1. The van der Waals surface area contributed by atoms with E-state index < -0.39 is 44.8 Å². The van der Waals surface area contributed by atoms with Crippen molar-refractivity contribution < 1.29 is 32.3 Å². The fourth-order valence-electron chi connectivity index (χ4n) is 6.91. The third-order valence-corrected chi connectivity index (χ3v) is 12.6. The van der Waals surface area contributed by atoms with Gasteiger partial charge in [0, 0.05) is 42.7 Å². The largest absolute Gasteiger partial charge is 0.497 e. The van der Waals surface area contributed by atoms with E-state index in [0.717, 1.165) is 35.2 Å². The molecule has 3 aromatic rings. The van der Waals surface area contributed by atoms with Gasteiger partial charge in [-0.3, -0.25) is 14.3 Å². The van der Waals surface area contributed by atoms with Crippen molar-refractivity contribution in [2.24, 2.45) is 5.92 Å². The van der Waals surface area contributed by atoms with Gasteiger partial charge in [-0.1, -0.05) is 12.2 Å². The highest BCUT2D eigenvalue weighted by atomic mass is 32.2. The monoisotopic (exact) mass is 751 g/mol. The van der Waals surface area contributed by atoms with Gasteiger partial charge < -0.3 is 29.9 Å². The highest BCUT2D eigenvalue weighted by Gasteiger charge is 2.62. The van der Waals surface area contributed by atoms with Crippen molar-refractivity contribution in [3.63, 3.8) is 0 Å². The molecule has 0 spiro atoms. The molecule has 2 saturated carbocycles. The number of amides is 4. The third kappa shape index (κ3) is 7.40. The van der Waals surface area contributed by atoms with Gasteiger partial charge in [0.1, 0.15) is 29.1 Å². The van der Waals surface area contributed by atoms with Crippen LogP contribution in [0.5, 0.6) is 11.6 Å². The normalized spacial score (nSPS) is 25.3. The van der Waals surface area contributed by atoms with Gasteiger partial charge in [0.05, 0.1) is 24.6 Å². The summed E-state index contributed by atoms with van der Waals surface area (Å²) >= 11 is 1.48. The zero-order valence-corrected chi connectivity index (χ0v) is 31.4. The van der Waals surface area contributed by atoms with Gasteiger partial charge in [0.25, 0.3) is 5.91 Å². The number of carbonyl (C=O) groups excluding carboxylic acids is 3. The summed E-state index contributed by atoms with van der Waals surface area (Å²) in [7, 11) is -0.530. The van der Waals surface area contributed by atoms with Gasteiger partial charge >= 0.3 is 6.03 Å². The molecule has 16 heteroatoms. The molecule has 1 saturated heterocycles. The van der Waals surface area contributed by atoms with Crippen LogP contribution in [0.15, 0.2) is 41.8 Å². The number of fused-ring (bicyclic) bond motifs is 3. The lowest BCUT2D eigenvalue weighted by atomic mass is 10.1. The number of thiazole rings is 1. The van der Waals surface area contributed by atoms with Gasteiger partial charge in [0.2, 0.25) is 21.8 Å². The maximum atomic E-state index is 14.2. The number of urea groups is 1. The fraction of sp³-hybridized carbons (Fsp3) is 0.528. The Bertz CT molecular complexity index is 2010. The van der Waals surface area contributed by atoms with E-state index in [-0.39, 0.29) is 37.4 Å². The average Bonchev–Trinajstić information content (AvgIpc) is 3.99. The van der Waals surface area contributed by atoms with E-state index in [9.17, 15) is 22.8 Å². The van der Waals surface area contributed by atoms with Crippen LogP contribution in [-0.4, -0.2) is 102 Å². The molecule has 14 nitrogen and oxygen atoms in total. The molecule has 4 atom stereocenters. The Morgan fingerprint density at radius 2 is 1.94 bits per heavy atom. The Morgan fingerprint density at radius 1 is 1.13 bits per heavy atom. The number of nitrogens with one attached hydrogen (secondary N) is 3. The molecule has 4 unspecified atom stereocenters. The standard InChI is InChI=1S/C36H45N7O7S2/c1-21(2)37-34-39-29(20-51-34)28-16-22-15-24(49-4)10-13-27(22)32(38-28)50-25-17-30-31(44)40-36(33(45)41-52(47,48)26-11-12-26)18-23(36)9-7-5-6-8-14-42(3)35(46)43(30)19-25/h7,9-10,13,15-16,20-21,23,25-26,30H,5-6,8,11-12,14,17-19H2,1-4H3,(H,37,39)(H,40,44)(H,41,45). The Labute approximate surface area is 307 Å². The molecular weight excluding hydrogens is 707 g/mol. The predicted octanol–water partition coefficient (Wildman–Crippen LogP) is 4.28. The van der Waals surface area contributed by atoms with Crippen molar-refractivity contribution in [1.29, 1.82) is 0 Å². The first-order valence-corrected chi connectivity index (χ1v) is 20.2. The first kappa shape index (κ1) is 35.9. The molecule has 4 amide bonds. The molecular formula is C36H45N7O7S2. The first-order valence-electron chi connectivity index (χ1n) is 17.8. The molecule has 52 heavy (non-hydrogen) atoms. The molecule has 2 aliphatic carbocycles. The number of rotatable bonds is 9. The molecule has 0 bridgehead atoms. The van der Waals surface area contributed by atoms with Gasteiger partial charge in [0.15, 0.2) is 5.13 Å². The van der Waals surface area contributed by atoms with Crippen LogP contribution in [0.25, 0.3) is 22.2 Å². The highest BCUT2D eigenvalue weighted by Crippen LogP contribution is 2.46. The van der Waals surface area contributed by atoms with Crippen LogP contribution in [0.3, 0.4) is 0 Å². The van der Waals surface area contributed by atoms with Crippen molar-refractivity contribution in [2.75, 3.05) is 32.6 Å². The molecule has 2 aliphatic heterocycles. The zero-order chi connectivity index (χ0) is 36.8. The second kappa shape index (κ2) is 14.2. The van der Waals surface area contributed by atoms with E-state index in [1.54, 1.807) is 19.1 Å². The van der Waals surface area contributed by atoms with Gasteiger partial charge in [-0.15, -0.1) is 11.3 Å². The van der Waals surface area contributed by atoms with Crippen molar-refractivity contribution in [3.05, 3.63) is 41.8 Å². The van der Waals surface area contributed by atoms with Crippen LogP contribution in [0.1, 0.15) is 58.8 Å². The number of ether oxygens (including phenoxy) is 2. The number of methoxy groups -OCH3 is 1. The van der Waals surface area contributed by atoms with Gasteiger partial charge in [-0.2, -0.15) is 0 Å². The molecule has 0 radical (unpaired) electrons. The van der Waals surface area contributed by atoms with Crippen LogP contribution < -0.4 is 24.8 Å². The summed E-state index contributed by atoms with van der Waals surface area (Å²) in [4.78, 5) is 54.4. The van der Waals surface area contributed by atoms with Gasteiger partial charge in [-0.25, -0.2) is 23.2 Å². The molecule has 3 N–H and O–H groups in total. The Kier molecular flexibility index (Phi) is 9.80. The lowest BCUT2D eigenvalue weighted by molar-refractivity contribution is -0.131. The molecule has 4 aliphatic rings. The maximum absolute atomic E-state index is 14.2. The minimum Gasteiger partial charge on any atom is -0.497 e. The van der Waals surface area contributed by atoms with Crippen LogP contribution in [-0.2, 0) is 19.6 Å². The summed E-state index contributed by atoms with van der Waals surface area (Å²) in [5.41, 5.74) is -0.167. The number of sulfonamides is 1. The number of hydrogen-bond donors (Lipinski definition) is 3. The van der Waals surface area contributed by atoms with Crippen molar-refractivity contribution in [1.82, 2.24) is 29.8 Å². The number of anilines is 1. The van der Waals surface area contributed by atoms with Crippen molar-refractivity contribution in [3.8, 4) is 23.0 Å². The van der Waals surface area contributed by atoms with Crippen molar-refractivity contribution >= 4 is 55.1 Å². The van der Waals surface area contributed by atoms with E-state index in [4.69, 9.17) is 19.4 Å². The van der Waals surface area contributed by atoms with Crippen LogP contribution in [0.4, 0.5) is 9.93 Å². The molecule has 4 heterocycles. The molecule has 7 rings (SSSR count). The predicted molar refractivity (Wildman–Crippen MR) is 198 cm³/mol. The minimum absolute atomic E-state index is 0.0998. The minimum atomic E-state index is -3.84. The number of aromatic nitrogens is 2. The summed E-state index contributed by atoms with van der Waals surface area (Å²) in [5, 5.41) is 9.87. The highest BCUT2D eigenvalue weighted by molar-refractivity contribution is 7.91. The Hall–Kier alpha value is -4.44. The Morgan fingerprint density at radius 3 is 2.69 bits per heavy atom. The second-order valence-corrected chi connectivity index (χ2v) is 17.3. The van der Waals surface area contributed by atoms with E-state index >= 15 is 0 Å². The maximum Gasteiger partial charge on any atom is 0.320 e. The van der Waals surface area contributed by atoms with Crippen LogP contribution in [0, 0.1) is 5.92 Å². The SMILES string of the molecule is COc1ccc2c(OC3CC4C(=O)NC5(C(=O)NS(=O)(=O)C6CC6)CC5C=CCCCCN(C)C(=O)N4C3)nc(-c3csc(NC(C)C)n3)cc2c1. The van der Waals surface area contributed by atoms with E-state index in [1.165, 1.54) is 16.2 Å². The summed E-state index contributed by atoms with van der Waals surface area (Å²) in [5.74, 6) is -0.664. The second-order valence-electron chi connectivity index (χ2n) is 14.5. The first-order chi connectivity index (χ1) is 24.9. The quantitative estimate of drug-likeness (QED) is 0.268. The fourth-order valence-corrected chi connectivity index (χ4v) is 9.13. The number of pyridine rings is 1. The summed E-state index contributed by atoms with van der Waals surface area (Å²) in [6.45, 7) is 4.69. The van der Waals surface area contributed by atoms with Crippen LogP contribution in [0.2, 0.25) is 0 Å². The van der Waals surface area contributed by atoms with Crippen LogP contribution >= 0.6 is 11.3 Å². The zero-order valence-electron chi connectivity index (χ0n) is 29.8. The van der Waals surface area contributed by atoms with Crippen molar-refractivity contribution in [2.45, 2.75) is 87.8 Å². The summed E-state index contributed by atoms with van der Waals surface area (Å²) in [6, 6.07) is 6.41. The smallest absolute Gasteiger partial charge is 0.320 e. The lowest BCUT2D eigenvalue weighted by Crippen LogP contribution is -2.57. The molecule has 2 aromatic heterocycles. The topological polar surface area (TPSA) is 172 Å². The third-order valence-electron chi connectivity index (χ3n) is 10.0. The number of allylic oxidation sites excluding steroid dienone is 1. The summed E-state index contributed by atoms with van der Waals surface area (Å²) in [6.07, 6.45) is 6.94. The number of nitrogens with zero attached hydrogens (tertiary/aromatic N) is 4. The van der Waals surface area contributed by atoms with E-state index in [0.29, 0.717) is 42.4 Å². The molecule has 1 aromatic carbocycles. The van der Waals surface area contributed by atoms with Gasteiger partial charge in [-0.05, 0) is 82.0 Å². The lowest BCUT2D eigenvalue weighted by Gasteiger charge is -2.30. The van der Waals surface area contributed by atoms with E-state index in [2.05, 4.69) is 15.4 Å². The van der Waals surface area contributed by atoms with E-state index in [1.807, 2.05) is 55.6 Å². The average molecular weight is 752 g/mol. The summed E-state index contributed by atoms with van der Waals surface area (Å²) < 4.78 is 39.9. The number of carbonyl (C=O) groups is 3.